The van der Waals surface area contributed by atoms with Gasteiger partial charge in [0.05, 0.1) is 37.9 Å². The van der Waals surface area contributed by atoms with Crippen LogP contribution >= 0.6 is 7.82 Å². The van der Waals surface area contributed by atoms with E-state index in [1.165, 1.54) is 173 Å². The zero-order valence-electron chi connectivity index (χ0n) is 36.8. The summed E-state index contributed by atoms with van der Waals surface area (Å²) in [5.41, 5.74) is 5.37. The molecule has 56 heavy (non-hydrogen) atoms. The molecule has 6 N–H and O–H groups in total. The second kappa shape index (κ2) is 42.3. The van der Waals surface area contributed by atoms with Crippen molar-refractivity contribution in [3.63, 3.8) is 0 Å². The Kier molecular flexibility index (Phi) is 41.7. The fourth-order valence-corrected chi connectivity index (χ4v) is 8.06. The van der Waals surface area contributed by atoms with E-state index >= 15 is 0 Å². The largest absolute Gasteiger partial charge is 0.472 e. The normalized spacial score (nSPS) is 14.6. The van der Waals surface area contributed by atoms with E-state index in [4.69, 9.17) is 14.8 Å². The molecular weight excluding hydrogens is 723 g/mol. The van der Waals surface area contributed by atoms with Gasteiger partial charge in [-0.2, -0.15) is 0 Å². The molecule has 0 aromatic carbocycles. The van der Waals surface area contributed by atoms with Crippen molar-refractivity contribution in [1.29, 1.82) is 0 Å². The standard InChI is InChI=1S/C46H93N2O7P/c1-3-5-7-9-11-13-15-17-19-20-21-22-23-24-26-28-30-32-34-36-38-45(50)44(42-55-56(52,53)54-40-39-47)48-46(51)41-43(49)37-35-33-31-29-27-25-18-16-14-12-10-8-6-4-2/h36,38,43-45,49-50H,3-35,37,39-42,47H2,1-2H3,(H,48,51)(H,52,53)/b38-36+. The number of aliphatic hydroxyl groups excluding tert-OH is 2. The number of unbranched alkanes of at least 4 members (excludes halogenated alkanes) is 31. The van der Waals surface area contributed by atoms with Crippen LogP contribution in [-0.2, 0) is 18.4 Å². The summed E-state index contributed by atoms with van der Waals surface area (Å²) in [7, 11) is -4.40. The van der Waals surface area contributed by atoms with Gasteiger partial charge in [0, 0.05) is 6.54 Å². The van der Waals surface area contributed by atoms with Crippen LogP contribution < -0.4 is 11.1 Å². The number of hydrogen-bond acceptors (Lipinski definition) is 7. The van der Waals surface area contributed by atoms with Gasteiger partial charge in [0.15, 0.2) is 0 Å². The lowest BCUT2D eigenvalue weighted by atomic mass is 10.0. The van der Waals surface area contributed by atoms with E-state index in [1.54, 1.807) is 6.08 Å². The summed E-state index contributed by atoms with van der Waals surface area (Å²) >= 11 is 0. The van der Waals surface area contributed by atoms with Crippen LogP contribution in [-0.4, -0.2) is 59.0 Å². The molecule has 0 aliphatic carbocycles. The topological polar surface area (TPSA) is 151 Å². The van der Waals surface area contributed by atoms with Crippen LogP contribution in [0, 0.1) is 0 Å². The molecule has 0 fully saturated rings. The molecule has 0 heterocycles. The maximum absolute atomic E-state index is 12.8. The van der Waals surface area contributed by atoms with Gasteiger partial charge in [-0.1, -0.05) is 225 Å². The molecule has 0 aromatic heterocycles. The van der Waals surface area contributed by atoms with E-state index < -0.39 is 38.6 Å². The first-order valence-corrected chi connectivity index (χ1v) is 25.4. The predicted octanol–water partition coefficient (Wildman–Crippen LogP) is 12.5. The Morgan fingerprint density at radius 1 is 0.607 bits per heavy atom. The summed E-state index contributed by atoms with van der Waals surface area (Å²) in [6, 6.07) is -0.978. The number of hydrogen-bond donors (Lipinski definition) is 5. The highest BCUT2D eigenvalue weighted by Gasteiger charge is 2.27. The van der Waals surface area contributed by atoms with Crippen LogP contribution in [0.4, 0.5) is 0 Å². The average Bonchev–Trinajstić information content (AvgIpc) is 3.17. The van der Waals surface area contributed by atoms with Gasteiger partial charge in [-0.15, -0.1) is 0 Å². The van der Waals surface area contributed by atoms with E-state index in [1.807, 2.05) is 6.08 Å². The number of aliphatic hydroxyl groups is 2. The van der Waals surface area contributed by atoms with Gasteiger partial charge in [-0.25, -0.2) is 4.57 Å². The predicted molar refractivity (Wildman–Crippen MR) is 237 cm³/mol. The third kappa shape index (κ3) is 40.0. The second-order valence-corrected chi connectivity index (χ2v) is 18.0. The lowest BCUT2D eigenvalue weighted by Gasteiger charge is -2.24. The molecule has 9 nitrogen and oxygen atoms in total. The third-order valence-electron chi connectivity index (χ3n) is 10.9. The Labute approximate surface area is 346 Å². The number of carbonyl (C=O) groups is 1. The summed E-state index contributed by atoms with van der Waals surface area (Å²) in [5.74, 6) is -0.442. The van der Waals surface area contributed by atoms with Gasteiger partial charge < -0.3 is 26.2 Å². The van der Waals surface area contributed by atoms with Crippen LogP contribution in [0.1, 0.15) is 239 Å². The fraction of sp³-hybridized carbons (Fsp3) is 0.935. The molecule has 0 aliphatic heterocycles. The molecule has 0 bridgehead atoms. The zero-order valence-corrected chi connectivity index (χ0v) is 37.7. The van der Waals surface area contributed by atoms with Crippen LogP contribution in [0.2, 0.25) is 0 Å². The van der Waals surface area contributed by atoms with Gasteiger partial charge >= 0.3 is 7.82 Å². The van der Waals surface area contributed by atoms with Gasteiger partial charge in [-0.05, 0) is 19.3 Å². The van der Waals surface area contributed by atoms with Crippen molar-refractivity contribution in [2.45, 2.75) is 257 Å². The Morgan fingerprint density at radius 3 is 1.38 bits per heavy atom. The minimum atomic E-state index is -4.40. The average molecular weight is 817 g/mol. The molecule has 0 radical (unpaired) electrons. The van der Waals surface area contributed by atoms with Crippen molar-refractivity contribution in [3.05, 3.63) is 12.2 Å². The Balaban J connectivity index is 4.23. The highest BCUT2D eigenvalue weighted by Crippen LogP contribution is 2.43. The Morgan fingerprint density at radius 2 is 0.982 bits per heavy atom. The number of phosphoric ester groups is 1. The van der Waals surface area contributed by atoms with E-state index in [0.717, 1.165) is 38.5 Å². The Bertz CT molecular complexity index is 909. The molecule has 0 rings (SSSR count). The summed E-state index contributed by atoms with van der Waals surface area (Å²) in [6.07, 6.45) is 44.4. The second-order valence-electron chi connectivity index (χ2n) is 16.5. The summed E-state index contributed by atoms with van der Waals surface area (Å²) in [5, 5.41) is 24.1. The molecule has 0 saturated heterocycles. The van der Waals surface area contributed by atoms with Gasteiger partial charge in [0.2, 0.25) is 5.91 Å². The van der Waals surface area contributed by atoms with E-state index in [0.29, 0.717) is 6.42 Å². The van der Waals surface area contributed by atoms with Crippen LogP contribution in [0.25, 0.3) is 0 Å². The summed E-state index contributed by atoms with van der Waals surface area (Å²) in [4.78, 5) is 22.8. The van der Waals surface area contributed by atoms with Crippen molar-refractivity contribution in [2.24, 2.45) is 5.73 Å². The lowest BCUT2D eigenvalue weighted by Crippen LogP contribution is -2.46. The number of phosphoric acid groups is 1. The van der Waals surface area contributed by atoms with Crippen molar-refractivity contribution in [3.8, 4) is 0 Å². The van der Waals surface area contributed by atoms with Gasteiger partial charge in [0.1, 0.15) is 0 Å². The molecule has 0 aromatic rings. The molecule has 0 spiro atoms. The minimum Gasteiger partial charge on any atom is -0.393 e. The minimum absolute atomic E-state index is 0.0517. The van der Waals surface area contributed by atoms with E-state index in [9.17, 15) is 24.5 Å². The van der Waals surface area contributed by atoms with Crippen LogP contribution in [0.3, 0.4) is 0 Å². The first-order chi connectivity index (χ1) is 27.3. The van der Waals surface area contributed by atoms with Gasteiger partial charge in [-0.3, -0.25) is 13.8 Å². The molecular formula is C46H93N2O7P. The van der Waals surface area contributed by atoms with Crippen molar-refractivity contribution >= 4 is 13.7 Å². The van der Waals surface area contributed by atoms with Crippen molar-refractivity contribution in [1.82, 2.24) is 5.32 Å². The van der Waals surface area contributed by atoms with Crippen LogP contribution in [0.5, 0.6) is 0 Å². The smallest absolute Gasteiger partial charge is 0.393 e. The number of nitrogens with two attached hydrogens (primary N) is 1. The lowest BCUT2D eigenvalue weighted by molar-refractivity contribution is -0.124. The van der Waals surface area contributed by atoms with Crippen molar-refractivity contribution < 1.29 is 33.5 Å². The number of rotatable bonds is 45. The molecule has 4 atom stereocenters. The molecule has 1 amide bonds. The first-order valence-electron chi connectivity index (χ1n) is 23.9. The number of allylic oxidation sites excluding steroid dienone is 1. The Hall–Kier alpha value is -0.800. The third-order valence-corrected chi connectivity index (χ3v) is 11.9. The quantitative estimate of drug-likeness (QED) is 0.0231. The number of nitrogens with one attached hydrogen (secondary N) is 1. The molecule has 10 heteroatoms. The zero-order chi connectivity index (χ0) is 41.2. The number of amides is 1. The van der Waals surface area contributed by atoms with Gasteiger partial charge in [0.25, 0.3) is 0 Å². The monoisotopic (exact) mass is 817 g/mol. The maximum atomic E-state index is 12.8. The first kappa shape index (κ1) is 55.2. The highest BCUT2D eigenvalue weighted by atomic mass is 31.2. The molecule has 334 valence electrons. The highest BCUT2D eigenvalue weighted by molar-refractivity contribution is 7.47. The fourth-order valence-electron chi connectivity index (χ4n) is 7.30. The van der Waals surface area contributed by atoms with Crippen LogP contribution in [0.15, 0.2) is 12.2 Å². The molecule has 0 aliphatic rings. The van der Waals surface area contributed by atoms with E-state index in [2.05, 4.69) is 19.2 Å². The maximum Gasteiger partial charge on any atom is 0.472 e. The molecule has 0 saturated carbocycles. The van der Waals surface area contributed by atoms with E-state index in [-0.39, 0.29) is 19.6 Å². The SMILES string of the molecule is CCCCCCCCCCCCCCCCCCCC/C=C/C(O)C(COP(=O)(O)OCCN)NC(=O)CC(O)CCCCCCCCCCCCCCCC. The summed E-state index contributed by atoms with van der Waals surface area (Å²) < 4.78 is 22.1. The number of carbonyl (C=O) groups excluding carboxylic acids is 1. The van der Waals surface area contributed by atoms with Crippen molar-refractivity contribution in [2.75, 3.05) is 19.8 Å². The summed E-state index contributed by atoms with van der Waals surface area (Å²) in [6.45, 7) is 4.00. The molecule has 4 unspecified atom stereocenters.